The number of thiazole rings is 1. The zero-order chi connectivity index (χ0) is 32.9. The molecule has 1 saturated heterocycles. The topological polar surface area (TPSA) is 110 Å². The lowest BCUT2D eigenvalue weighted by Crippen LogP contribution is -2.30. The van der Waals surface area contributed by atoms with Crippen molar-refractivity contribution in [3.8, 4) is 16.3 Å². The zero-order valence-corrected chi connectivity index (χ0v) is 28.5. The summed E-state index contributed by atoms with van der Waals surface area (Å²) in [6.45, 7) is 13.1. The quantitative estimate of drug-likeness (QED) is 0.220. The van der Waals surface area contributed by atoms with Gasteiger partial charge in [0.1, 0.15) is 5.78 Å². The van der Waals surface area contributed by atoms with E-state index in [4.69, 9.17) is 9.84 Å². The standard InChI is InChI=1S/C25H25N5O2S.C7H14.C4H9NO/c1-5-6-18(14-26-4)22-20-11-12-21-24(33-25(28-21)27-16(3)32)23(20)30(29-22)19-9-7-17(8-10-19)13-15(2)31;1-7-5-3-2-4-6-7;1-3-6-4-2-5-1/h5-10,14H,1,11-13H2,2-4H3,(H,27,28,32);7H,2-6H2,1H3;5H,1-4H2/b18-6+,26-14?;;. The highest BCUT2D eigenvalue weighted by Crippen LogP contribution is 2.43. The number of aliphatic imine (C=N–C) groups is 1. The number of fused-ring (bicyclic) bond motifs is 3. The van der Waals surface area contributed by atoms with Gasteiger partial charge >= 0.3 is 0 Å². The van der Waals surface area contributed by atoms with Crippen molar-refractivity contribution in [2.45, 2.75) is 72.1 Å². The molecule has 2 N–H and O–H groups in total. The van der Waals surface area contributed by atoms with Crippen molar-refractivity contribution in [1.82, 2.24) is 20.1 Å². The zero-order valence-electron chi connectivity index (χ0n) is 27.7. The summed E-state index contributed by atoms with van der Waals surface area (Å²) in [4.78, 5) is 32.9. The lowest BCUT2D eigenvalue weighted by molar-refractivity contribution is -0.116. The molecule has 0 atom stereocenters. The number of nitrogens with one attached hydrogen (secondary N) is 2. The minimum Gasteiger partial charge on any atom is -0.379 e. The van der Waals surface area contributed by atoms with Crippen molar-refractivity contribution in [3.05, 3.63) is 65.5 Å². The number of hydrogen-bond acceptors (Lipinski definition) is 8. The van der Waals surface area contributed by atoms with E-state index in [1.807, 2.05) is 35.0 Å². The van der Waals surface area contributed by atoms with E-state index in [1.165, 1.54) is 50.4 Å². The number of carbonyl (C=O) groups excluding carboxylic acids is 2. The van der Waals surface area contributed by atoms with Crippen LogP contribution in [-0.4, -0.2) is 66.0 Å². The van der Waals surface area contributed by atoms with Gasteiger partial charge in [-0.2, -0.15) is 5.10 Å². The van der Waals surface area contributed by atoms with Crippen molar-refractivity contribution in [1.29, 1.82) is 0 Å². The van der Waals surface area contributed by atoms with E-state index < -0.39 is 0 Å². The van der Waals surface area contributed by atoms with Crippen molar-refractivity contribution in [2.24, 2.45) is 10.9 Å². The third-order valence-electron chi connectivity index (χ3n) is 8.00. The molecule has 3 heterocycles. The van der Waals surface area contributed by atoms with Crippen LogP contribution in [0.4, 0.5) is 5.13 Å². The maximum atomic E-state index is 11.6. The van der Waals surface area contributed by atoms with Crippen LogP contribution in [0.3, 0.4) is 0 Å². The average Bonchev–Trinajstić information content (AvgIpc) is 3.64. The molecule has 1 aromatic carbocycles. The SMILES string of the molecule is C1COCCN1.C=C/C=C(\C=NC)c1nn(-c2ccc(CC(C)=O)cc2)c2c1CCc1nc(NC(C)=O)sc1-2.CC1CCCCC1. The number of allylic oxidation sites excluding steroid dienone is 3. The maximum absolute atomic E-state index is 11.6. The predicted molar refractivity (Wildman–Crippen MR) is 189 cm³/mol. The van der Waals surface area contributed by atoms with Crippen LogP contribution in [0.2, 0.25) is 0 Å². The van der Waals surface area contributed by atoms with Gasteiger partial charge in [0.15, 0.2) is 5.13 Å². The molecule has 9 nitrogen and oxygen atoms in total. The van der Waals surface area contributed by atoms with E-state index >= 15 is 0 Å². The van der Waals surface area contributed by atoms with Gasteiger partial charge in [-0.05, 0) is 43.4 Å². The molecule has 0 unspecified atom stereocenters. The minimum atomic E-state index is -0.146. The lowest BCUT2D eigenvalue weighted by atomic mass is 9.91. The van der Waals surface area contributed by atoms with E-state index in [0.29, 0.717) is 11.6 Å². The molecule has 3 aromatic rings. The van der Waals surface area contributed by atoms with E-state index in [1.54, 1.807) is 26.3 Å². The van der Waals surface area contributed by atoms with Gasteiger partial charge in [-0.3, -0.25) is 14.6 Å². The fourth-order valence-electron chi connectivity index (χ4n) is 5.81. The van der Waals surface area contributed by atoms with E-state index in [0.717, 1.165) is 89.4 Å². The molecule has 246 valence electrons. The number of nitrogens with zero attached hydrogens (tertiary/aromatic N) is 4. The van der Waals surface area contributed by atoms with Crippen LogP contribution in [0.25, 0.3) is 21.8 Å². The molecular formula is C36H48N6O3S. The normalized spacial score (nSPS) is 16.3. The number of aryl methyl sites for hydroxylation is 1. The van der Waals surface area contributed by atoms with E-state index in [9.17, 15) is 9.59 Å². The number of hydrogen-bond donors (Lipinski definition) is 2. The van der Waals surface area contributed by atoms with Gasteiger partial charge in [-0.25, -0.2) is 9.67 Å². The number of ketones is 1. The van der Waals surface area contributed by atoms with Crippen LogP contribution in [0, 0.1) is 5.92 Å². The predicted octanol–water partition coefficient (Wildman–Crippen LogP) is 6.65. The Morgan fingerprint density at radius 2 is 1.85 bits per heavy atom. The molecular weight excluding hydrogens is 597 g/mol. The third kappa shape index (κ3) is 9.88. The Morgan fingerprint density at radius 1 is 1.13 bits per heavy atom. The maximum Gasteiger partial charge on any atom is 0.223 e. The highest BCUT2D eigenvalue weighted by atomic mass is 32.1. The van der Waals surface area contributed by atoms with Crippen LogP contribution in [0.5, 0.6) is 0 Å². The van der Waals surface area contributed by atoms with Crippen molar-refractivity contribution in [2.75, 3.05) is 38.7 Å². The summed E-state index contributed by atoms with van der Waals surface area (Å²) in [5.41, 5.74) is 6.62. The van der Waals surface area contributed by atoms with E-state index in [-0.39, 0.29) is 11.7 Å². The molecule has 1 amide bonds. The summed E-state index contributed by atoms with van der Waals surface area (Å²) in [7, 11) is 1.73. The van der Waals surface area contributed by atoms with Gasteiger partial charge in [-0.15, -0.1) is 0 Å². The van der Waals surface area contributed by atoms with Gasteiger partial charge in [0.05, 0.1) is 40.9 Å². The first-order valence-electron chi connectivity index (χ1n) is 16.3. The number of amides is 1. The third-order valence-corrected chi connectivity index (χ3v) is 9.02. The Balaban J connectivity index is 0.000000304. The number of morpholine rings is 1. The molecule has 0 bridgehead atoms. The molecule has 1 saturated carbocycles. The minimum absolute atomic E-state index is 0.124. The number of ether oxygens (including phenoxy) is 1. The Morgan fingerprint density at radius 3 is 2.37 bits per heavy atom. The molecule has 0 spiro atoms. The fraction of sp³-hybridized carbons (Fsp3) is 0.472. The van der Waals surface area contributed by atoms with Gasteiger partial charge in [0.25, 0.3) is 0 Å². The van der Waals surface area contributed by atoms with Crippen LogP contribution < -0.4 is 10.6 Å². The Kier molecular flexibility index (Phi) is 13.6. The summed E-state index contributed by atoms with van der Waals surface area (Å²) in [6, 6.07) is 7.86. The molecule has 0 radical (unpaired) electrons. The van der Waals surface area contributed by atoms with Gasteiger partial charge < -0.3 is 15.4 Å². The molecule has 2 aliphatic carbocycles. The first-order valence-corrected chi connectivity index (χ1v) is 17.1. The summed E-state index contributed by atoms with van der Waals surface area (Å²) in [6.07, 6.45) is 14.8. The smallest absolute Gasteiger partial charge is 0.223 e. The summed E-state index contributed by atoms with van der Waals surface area (Å²) in [5, 5.41) is 11.5. The number of Topliss-reactive ketones (excluding diaryl/α,β-unsaturated/α-hetero) is 1. The molecule has 2 fully saturated rings. The number of carbonyl (C=O) groups is 2. The summed E-state index contributed by atoms with van der Waals surface area (Å²) < 4.78 is 6.93. The van der Waals surface area contributed by atoms with Crippen molar-refractivity contribution < 1.29 is 14.3 Å². The summed E-state index contributed by atoms with van der Waals surface area (Å²) in [5.74, 6) is 1.01. The second-order valence-electron chi connectivity index (χ2n) is 12.0. The van der Waals surface area contributed by atoms with Crippen LogP contribution in [-0.2, 0) is 33.6 Å². The first kappa shape index (κ1) is 35.1. The molecule has 1 aliphatic heterocycles. The number of benzene rings is 1. The second-order valence-corrected chi connectivity index (χ2v) is 13.0. The molecule has 2 aromatic heterocycles. The summed E-state index contributed by atoms with van der Waals surface area (Å²) >= 11 is 1.46. The molecule has 3 aliphatic rings. The van der Waals surface area contributed by atoms with Crippen molar-refractivity contribution >= 4 is 39.9 Å². The number of anilines is 1. The molecule has 10 heteroatoms. The number of rotatable bonds is 7. The molecule has 6 rings (SSSR count). The van der Waals surface area contributed by atoms with Gasteiger partial charge in [0.2, 0.25) is 5.91 Å². The lowest BCUT2D eigenvalue weighted by Gasteiger charge is -2.15. The fourth-order valence-corrected chi connectivity index (χ4v) is 6.92. The highest BCUT2D eigenvalue weighted by Gasteiger charge is 2.30. The Hall–Kier alpha value is -3.73. The van der Waals surface area contributed by atoms with Crippen molar-refractivity contribution in [3.63, 3.8) is 0 Å². The monoisotopic (exact) mass is 644 g/mol. The second kappa shape index (κ2) is 17.8. The first-order chi connectivity index (χ1) is 22.3. The molecule has 46 heavy (non-hydrogen) atoms. The van der Waals surface area contributed by atoms with Crippen LogP contribution >= 0.6 is 11.3 Å². The Labute approximate surface area is 277 Å². The highest BCUT2D eigenvalue weighted by molar-refractivity contribution is 7.19. The average molecular weight is 645 g/mol. The van der Waals surface area contributed by atoms with Crippen LogP contribution in [0.1, 0.15) is 75.4 Å². The number of aromatic nitrogens is 3. The van der Waals surface area contributed by atoms with Gasteiger partial charge in [-0.1, -0.05) is 81.2 Å². The Bertz CT molecular complexity index is 1510. The van der Waals surface area contributed by atoms with Gasteiger partial charge in [0, 0.05) is 50.8 Å². The largest absolute Gasteiger partial charge is 0.379 e. The van der Waals surface area contributed by atoms with Crippen LogP contribution in [0.15, 0.2) is 48.0 Å². The van der Waals surface area contributed by atoms with E-state index in [2.05, 4.69) is 34.1 Å².